The second-order valence-electron chi connectivity index (χ2n) is 3.54. The van der Waals surface area contributed by atoms with Gasteiger partial charge < -0.3 is 11.1 Å². The molecule has 0 radical (unpaired) electrons. The third-order valence-corrected chi connectivity index (χ3v) is 3.50. The first kappa shape index (κ1) is 12.4. The molecule has 0 spiro atoms. The lowest BCUT2D eigenvalue weighted by molar-refractivity contribution is 1.16. The summed E-state index contributed by atoms with van der Waals surface area (Å²) < 4.78 is 0. The quantitative estimate of drug-likeness (QED) is 0.841. The molecule has 3 N–H and O–H groups in total. The predicted octanol–water partition coefficient (Wildman–Crippen LogP) is 3.65. The van der Waals surface area contributed by atoms with Gasteiger partial charge in [0.25, 0.3) is 0 Å². The van der Waals surface area contributed by atoms with Crippen LogP contribution in [0.25, 0.3) is 0 Å². The molecule has 0 unspecified atom stereocenters. The molecule has 0 aliphatic rings. The number of benzene rings is 1. The van der Waals surface area contributed by atoms with Gasteiger partial charge in [-0.25, -0.2) is 0 Å². The maximum Gasteiger partial charge on any atom is 0.106 e. The van der Waals surface area contributed by atoms with E-state index in [2.05, 4.69) is 16.8 Å². The van der Waals surface area contributed by atoms with Crippen LogP contribution in [0.15, 0.2) is 35.0 Å². The highest BCUT2D eigenvalue weighted by molar-refractivity contribution is 7.80. The van der Waals surface area contributed by atoms with Crippen LogP contribution < -0.4 is 11.1 Å². The Hall–Kier alpha value is -1.10. The molecule has 0 saturated carbocycles. The number of hydrogen-bond donors (Lipinski definition) is 2. The van der Waals surface area contributed by atoms with Crippen molar-refractivity contribution in [1.82, 2.24) is 0 Å². The summed E-state index contributed by atoms with van der Waals surface area (Å²) in [6.07, 6.45) is 0. The Labute approximate surface area is 114 Å². The average Bonchev–Trinajstić information content (AvgIpc) is 2.80. The standard InChI is InChI=1S/C12H11ClN2S2/c13-9-1-2-11(10(5-9)12(14)16)15-6-8-3-4-17-7-8/h1-5,7,15H,6H2,(H2,14,16). The number of nitrogens with one attached hydrogen (secondary N) is 1. The summed E-state index contributed by atoms with van der Waals surface area (Å²) >= 11 is 12.6. The third-order valence-electron chi connectivity index (χ3n) is 2.31. The van der Waals surface area contributed by atoms with Gasteiger partial charge in [0.15, 0.2) is 0 Å². The summed E-state index contributed by atoms with van der Waals surface area (Å²) in [6.45, 7) is 0.751. The highest BCUT2D eigenvalue weighted by atomic mass is 35.5. The van der Waals surface area contributed by atoms with Crippen LogP contribution in [0.2, 0.25) is 5.02 Å². The second-order valence-corrected chi connectivity index (χ2v) is 5.20. The van der Waals surface area contributed by atoms with Crippen LogP contribution in [0, 0.1) is 0 Å². The molecule has 1 heterocycles. The minimum atomic E-state index is 0.348. The molecule has 0 fully saturated rings. The SMILES string of the molecule is NC(=S)c1cc(Cl)ccc1NCc1ccsc1. The third kappa shape index (κ3) is 3.19. The predicted molar refractivity (Wildman–Crippen MR) is 79.0 cm³/mol. The Balaban J connectivity index is 2.17. The Morgan fingerprint density at radius 2 is 2.24 bits per heavy atom. The number of anilines is 1. The van der Waals surface area contributed by atoms with Crippen LogP contribution in [0.4, 0.5) is 5.69 Å². The Morgan fingerprint density at radius 1 is 1.41 bits per heavy atom. The number of thiophene rings is 1. The maximum atomic E-state index is 5.92. The van der Waals surface area contributed by atoms with Crippen molar-refractivity contribution in [2.45, 2.75) is 6.54 Å². The van der Waals surface area contributed by atoms with Crippen molar-refractivity contribution in [3.8, 4) is 0 Å². The fourth-order valence-electron chi connectivity index (χ4n) is 1.47. The minimum absolute atomic E-state index is 0.348. The van der Waals surface area contributed by atoms with Crippen LogP contribution in [-0.4, -0.2) is 4.99 Å². The van der Waals surface area contributed by atoms with E-state index in [0.29, 0.717) is 10.0 Å². The van der Waals surface area contributed by atoms with Gasteiger partial charge in [-0.3, -0.25) is 0 Å². The Morgan fingerprint density at radius 3 is 2.88 bits per heavy atom. The molecular formula is C12H11ClN2S2. The smallest absolute Gasteiger partial charge is 0.106 e. The van der Waals surface area contributed by atoms with Crippen molar-refractivity contribution < 1.29 is 0 Å². The van der Waals surface area contributed by atoms with Crippen molar-refractivity contribution in [1.29, 1.82) is 0 Å². The van der Waals surface area contributed by atoms with E-state index in [1.165, 1.54) is 5.56 Å². The number of hydrogen-bond acceptors (Lipinski definition) is 3. The summed E-state index contributed by atoms with van der Waals surface area (Å²) in [5.41, 5.74) is 8.59. The van der Waals surface area contributed by atoms with Crippen molar-refractivity contribution in [3.63, 3.8) is 0 Å². The molecule has 1 aromatic carbocycles. The number of halogens is 1. The van der Waals surface area contributed by atoms with Crippen LogP contribution in [-0.2, 0) is 6.54 Å². The molecule has 0 bridgehead atoms. The molecular weight excluding hydrogens is 272 g/mol. The van der Waals surface area contributed by atoms with Crippen molar-refractivity contribution in [2.75, 3.05) is 5.32 Å². The van der Waals surface area contributed by atoms with Crippen LogP contribution in [0.5, 0.6) is 0 Å². The van der Waals surface area contributed by atoms with Crippen LogP contribution >= 0.6 is 35.2 Å². The summed E-state index contributed by atoms with van der Waals surface area (Å²) in [7, 11) is 0. The normalized spacial score (nSPS) is 10.2. The molecule has 0 amide bonds. The average molecular weight is 283 g/mol. The largest absolute Gasteiger partial charge is 0.389 e. The first-order chi connectivity index (χ1) is 8.16. The molecule has 5 heteroatoms. The second kappa shape index (κ2) is 5.49. The van der Waals surface area contributed by atoms with E-state index in [9.17, 15) is 0 Å². The fourth-order valence-corrected chi connectivity index (χ4v) is 2.47. The zero-order valence-corrected chi connectivity index (χ0v) is 11.3. The fraction of sp³-hybridized carbons (Fsp3) is 0.0833. The molecule has 88 valence electrons. The molecule has 0 aliphatic carbocycles. The lowest BCUT2D eigenvalue weighted by atomic mass is 10.1. The van der Waals surface area contributed by atoms with E-state index >= 15 is 0 Å². The minimum Gasteiger partial charge on any atom is -0.389 e. The van der Waals surface area contributed by atoms with Crippen LogP contribution in [0.1, 0.15) is 11.1 Å². The highest BCUT2D eigenvalue weighted by Gasteiger charge is 2.06. The van der Waals surface area contributed by atoms with Gasteiger partial charge in [0, 0.05) is 22.8 Å². The van der Waals surface area contributed by atoms with Crippen molar-refractivity contribution >= 4 is 45.8 Å². The Kier molecular flexibility index (Phi) is 3.99. The first-order valence-electron chi connectivity index (χ1n) is 5.01. The van der Waals surface area contributed by atoms with E-state index in [1.807, 2.05) is 17.5 Å². The number of rotatable bonds is 4. The number of nitrogens with two attached hydrogens (primary N) is 1. The molecule has 2 aromatic rings. The molecule has 0 aliphatic heterocycles. The van der Waals surface area contributed by atoms with Gasteiger partial charge in [-0.05, 0) is 40.6 Å². The van der Waals surface area contributed by atoms with E-state index in [-0.39, 0.29) is 0 Å². The van der Waals surface area contributed by atoms with E-state index in [1.54, 1.807) is 17.4 Å². The van der Waals surface area contributed by atoms with Gasteiger partial charge in [-0.15, -0.1) is 0 Å². The summed E-state index contributed by atoms with van der Waals surface area (Å²) in [5, 5.41) is 8.09. The van der Waals surface area contributed by atoms with E-state index in [4.69, 9.17) is 29.6 Å². The van der Waals surface area contributed by atoms with Crippen molar-refractivity contribution in [2.24, 2.45) is 5.73 Å². The molecule has 0 atom stereocenters. The molecule has 17 heavy (non-hydrogen) atoms. The van der Waals surface area contributed by atoms with Crippen molar-refractivity contribution in [3.05, 3.63) is 51.2 Å². The summed E-state index contributed by atoms with van der Waals surface area (Å²) in [4.78, 5) is 0.348. The van der Waals surface area contributed by atoms with Gasteiger partial charge in [0.1, 0.15) is 4.99 Å². The zero-order valence-electron chi connectivity index (χ0n) is 8.94. The van der Waals surface area contributed by atoms with Gasteiger partial charge in [0.2, 0.25) is 0 Å². The van der Waals surface area contributed by atoms with E-state index in [0.717, 1.165) is 17.8 Å². The molecule has 1 aromatic heterocycles. The zero-order chi connectivity index (χ0) is 12.3. The maximum absolute atomic E-state index is 5.92. The number of thiocarbonyl (C=S) groups is 1. The summed E-state index contributed by atoms with van der Waals surface area (Å²) in [5.74, 6) is 0. The van der Waals surface area contributed by atoms with Crippen LogP contribution in [0.3, 0.4) is 0 Å². The molecule has 2 rings (SSSR count). The van der Waals surface area contributed by atoms with Gasteiger partial charge in [0.05, 0.1) is 0 Å². The highest BCUT2D eigenvalue weighted by Crippen LogP contribution is 2.21. The topological polar surface area (TPSA) is 38.0 Å². The van der Waals surface area contributed by atoms with E-state index < -0.39 is 0 Å². The van der Waals surface area contributed by atoms with Gasteiger partial charge in [-0.1, -0.05) is 23.8 Å². The molecule has 0 saturated heterocycles. The lowest BCUT2D eigenvalue weighted by Crippen LogP contribution is -2.13. The Bertz CT molecular complexity index is 523. The monoisotopic (exact) mass is 282 g/mol. The van der Waals surface area contributed by atoms with Gasteiger partial charge in [-0.2, -0.15) is 11.3 Å². The molecule has 2 nitrogen and oxygen atoms in total. The summed E-state index contributed by atoms with van der Waals surface area (Å²) in [6, 6.07) is 7.57. The van der Waals surface area contributed by atoms with Gasteiger partial charge >= 0.3 is 0 Å². The lowest BCUT2D eigenvalue weighted by Gasteiger charge is -2.10. The first-order valence-corrected chi connectivity index (χ1v) is 6.74.